The summed E-state index contributed by atoms with van der Waals surface area (Å²) < 4.78 is 25.5. The summed E-state index contributed by atoms with van der Waals surface area (Å²) in [4.78, 5) is 25.8. The minimum absolute atomic E-state index is 0.188. The standard InChI is InChI=1S/C21H22N2O4S/c1-2-20(24)22-14-16-8-10-17(11-9-16)21(25)23-13-12-19(15-23)28(26,27)18-6-4-3-5-7-18/h2-11,19H,1,12-15H2,(H,22,24). The normalized spacial score (nSPS) is 16.6. The number of likely N-dealkylation sites (tertiary alicyclic amines) is 1. The molecule has 1 fully saturated rings. The summed E-state index contributed by atoms with van der Waals surface area (Å²) in [5.74, 6) is -0.449. The summed E-state index contributed by atoms with van der Waals surface area (Å²) in [5, 5.41) is 2.08. The molecule has 1 N–H and O–H groups in total. The molecule has 1 aliphatic rings. The van der Waals surface area contributed by atoms with E-state index in [4.69, 9.17) is 0 Å². The van der Waals surface area contributed by atoms with Gasteiger partial charge < -0.3 is 10.2 Å². The highest BCUT2D eigenvalue weighted by atomic mass is 32.2. The second-order valence-electron chi connectivity index (χ2n) is 6.64. The molecule has 0 spiro atoms. The van der Waals surface area contributed by atoms with E-state index in [1.54, 1.807) is 59.5 Å². The lowest BCUT2D eigenvalue weighted by molar-refractivity contribution is -0.116. The molecule has 1 aliphatic heterocycles. The maximum absolute atomic E-state index is 12.8. The molecule has 2 amide bonds. The Labute approximate surface area is 164 Å². The van der Waals surface area contributed by atoms with Crippen LogP contribution in [0.3, 0.4) is 0 Å². The van der Waals surface area contributed by atoms with Crippen molar-refractivity contribution in [3.8, 4) is 0 Å². The van der Waals surface area contributed by atoms with Gasteiger partial charge in [0.15, 0.2) is 9.84 Å². The van der Waals surface area contributed by atoms with Crippen molar-refractivity contribution in [1.82, 2.24) is 10.2 Å². The topological polar surface area (TPSA) is 83.6 Å². The molecule has 3 rings (SSSR count). The molecule has 146 valence electrons. The molecule has 2 aromatic rings. The van der Waals surface area contributed by atoms with Gasteiger partial charge in [-0.05, 0) is 42.3 Å². The molecule has 6 nitrogen and oxygen atoms in total. The molecule has 0 aliphatic carbocycles. The largest absolute Gasteiger partial charge is 0.348 e. The maximum Gasteiger partial charge on any atom is 0.253 e. The summed E-state index contributed by atoms with van der Waals surface area (Å²) in [6, 6.07) is 15.3. The summed E-state index contributed by atoms with van der Waals surface area (Å²) >= 11 is 0. The molecule has 0 radical (unpaired) electrons. The zero-order chi connectivity index (χ0) is 20.1. The van der Waals surface area contributed by atoms with Crippen LogP contribution in [0, 0.1) is 0 Å². The van der Waals surface area contributed by atoms with Crippen molar-refractivity contribution in [2.24, 2.45) is 0 Å². The highest BCUT2D eigenvalue weighted by molar-refractivity contribution is 7.92. The molecular formula is C21H22N2O4S. The van der Waals surface area contributed by atoms with Crippen LogP contribution in [-0.2, 0) is 21.2 Å². The Morgan fingerprint density at radius 1 is 1.11 bits per heavy atom. The van der Waals surface area contributed by atoms with Crippen LogP contribution in [0.15, 0.2) is 72.1 Å². The van der Waals surface area contributed by atoms with Crippen LogP contribution in [0.1, 0.15) is 22.3 Å². The summed E-state index contributed by atoms with van der Waals surface area (Å²) in [7, 11) is -3.45. The Kier molecular flexibility index (Phi) is 5.94. The Morgan fingerprint density at radius 2 is 1.79 bits per heavy atom. The van der Waals surface area contributed by atoms with Crippen molar-refractivity contribution in [3.63, 3.8) is 0 Å². The van der Waals surface area contributed by atoms with E-state index < -0.39 is 15.1 Å². The van der Waals surface area contributed by atoms with E-state index in [0.717, 1.165) is 5.56 Å². The van der Waals surface area contributed by atoms with Gasteiger partial charge >= 0.3 is 0 Å². The molecule has 0 aromatic heterocycles. The average molecular weight is 398 g/mol. The number of amides is 2. The van der Waals surface area contributed by atoms with Gasteiger partial charge in [0, 0.05) is 25.2 Å². The molecule has 28 heavy (non-hydrogen) atoms. The van der Waals surface area contributed by atoms with Crippen LogP contribution in [0.4, 0.5) is 0 Å². The zero-order valence-electron chi connectivity index (χ0n) is 15.4. The first-order chi connectivity index (χ1) is 13.4. The molecule has 7 heteroatoms. The van der Waals surface area contributed by atoms with Crippen LogP contribution < -0.4 is 5.32 Å². The molecule has 2 aromatic carbocycles. The van der Waals surface area contributed by atoms with E-state index >= 15 is 0 Å². The zero-order valence-corrected chi connectivity index (χ0v) is 16.2. The van der Waals surface area contributed by atoms with Gasteiger partial charge in [0.05, 0.1) is 10.1 Å². The van der Waals surface area contributed by atoms with Crippen molar-refractivity contribution < 1.29 is 18.0 Å². The molecule has 1 heterocycles. The number of rotatable bonds is 6. The van der Waals surface area contributed by atoms with Gasteiger partial charge in [-0.2, -0.15) is 0 Å². The van der Waals surface area contributed by atoms with Crippen molar-refractivity contribution >= 4 is 21.7 Å². The Bertz CT molecular complexity index is 969. The van der Waals surface area contributed by atoms with Crippen molar-refractivity contribution in [3.05, 3.63) is 78.4 Å². The van der Waals surface area contributed by atoms with Crippen LogP contribution in [-0.4, -0.2) is 43.5 Å². The molecule has 0 bridgehead atoms. The number of hydrogen-bond acceptors (Lipinski definition) is 4. The monoisotopic (exact) mass is 398 g/mol. The molecular weight excluding hydrogens is 376 g/mol. The van der Waals surface area contributed by atoms with E-state index in [2.05, 4.69) is 11.9 Å². The third kappa shape index (κ3) is 4.31. The predicted molar refractivity (Wildman–Crippen MR) is 106 cm³/mol. The first kappa shape index (κ1) is 19.8. The SMILES string of the molecule is C=CC(=O)NCc1ccc(C(=O)N2CCC(S(=O)(=O)c3ccccc3)C2)cc1. The summed E-state index contributed by atoms with van der Waals surface area (Å²) in [6.07, 6.45) is 1.62. The lowest BCUT2D eigenvalue weighted by Crippen LogP contribution is -2.32. The minimum Gasteiger partial charge on any atom is -0.348 e. The first-order valence-corrected chi connectivity index (χ1v) is 10.5. The number of carbonyl (C=O) groups excluding carboxylic acids is 2. The lowest BCUT2D eigenvalue weighted by Gasteiger charge is -2.17. The molecule has 0 saturated carbocycles. The van der Waals surface area contributed by atoms with E-state index in [1.165, 1.54) is 6.08 Å². The van der Waals surface area contributed by atoms with Crippen LogP contribution in [0.5, 0.6) is 0 Å². The number of carbonyl (C=O) groups is 2. The quantitative estimate of drug-likeness (QED) is 0.756. The second-order valence-corrected chi connectivity index (χ2v) is 8.87. The number of nitrogens with one attached hydrogen (secondary N) is 1. The summed E-state index contributed by atoms with van der Waals surface area (Å²) in [5.41, 5.74) is 1.36. The molecule has 1 atom stereocenters. The lowest BCUT2D eigenvalue weighted by atomic mass is 10.1. The van der Waals surface area contributed by atoms with Gasteiger partial charge in [-0.15, -0.1) is 0 Å². The fourth-order valence-electron chi connectivity index (χ4n) is 3.18. The highest BCUT2D eigenvalue weighted by Gasteiger charge is 2.36. The van der Waals surface area contributed by atoms with Crippen molar-refractivity contribution in [2.75, 3.05) is 13.1 Å². The van der Waals surface area contributed by atoms with E-state index in [0.29, 0.717) is 30.0 Å². The van der Waals surface area contributed by atoms with Gasteiger partial charge in [-0.3, -0.25) is 9.59 Å². The van der Waals surface area contributed by atoms with Gasteiger partial charge in [0.1, 0.15) is 0 Å². The summed E-state index contributed by atoms with van der Waals surface area (Å²) in [6.45, 7) is 4.34. The van der Waals surface area contributed by atoms with E-state index in [9.17, 15) is 18.0 Å². The van der Waals surface area contributed by atoms with Crippen LogP contribution in [0.25, 0.3) is 0 Å². The van der Waals surface area contributed by atoms with Crippen molar-refractivity contribution in [2.45, 2.75) is 23.1 Å². The third-order valence-electron chi connectivity index (χ3n) is 4.80. The fourth-order valence-corrected chi connectivity index (χ4v) is 4.89. The highest BCUT2D eigenvalue weighted by Crippen LogP contribution is 2.25. The molecule has 1 unspecified atom stereocenters. The van der Waals surface area contributed by atoms with E-state index in [-0.39, 0.29) is 18.4 Å². The Balaban J connectivity index is 1.64. The Hall–Kier alpha value is -2.93. The maximum atomic E-state index is 12.8. The second kappa shape index (κ2) is 8.39. The van der Waals surface area contributed by atoms with Gasteiger partial charge in [0.25, 0.3) is 5.91 Å². The van der Waals surface area contributed by atoms with Gasteiger partial charge in [-0.25, -0.2) is 8.42 Å². The smallest absolute Gasteiger partial charge is 0.253 e. The van der Waals surface area contributed by atoms with Gasteiger partial charge in [-0.1, -0.05) is 36.9 Å². The predicted octanol–water partition coefficient (Wildman–Crippen LogP) is 2.18. The minimum atomic E-state index is -3.45. The van der Waals surface area contributed by atoms with Gasteiger partial charge in [0.2, 0.25) is 5.91 Å². The van der Waals surface area contributed by atoms with Crippen LogP contribution in [0.2, 0.25) is 0 Å². The molecule has 1 saturated heterocycles. The number of hydrogen-bond donors (Lipinski definition) is 1. The number of benzene rings is 2. The number of sulfone groups is 1. The van der Waals surface area contributed by atoms with Crippen LogP contribution >= 0.6 is 0 Å². The fraction of sp³-hybridized carbons (Fsp3) is 0.238. The van der Waals surface area contributed by atoms with E-state index in [1.807, 2.05) is 0 Å². The Morgan fingerprint density at radius 3 is 2.43 bits per heavy atom. The average Bonchev–Trinajstić information content (AvgIpc) is 3.23. The first-order valence-electron chi connectivity index (χ1n) is 8.99. The number of nitrogens with zero attached hydrogens (tertiary/aromatic N) is 1. The van der Waals surface area contributed by atoms with Crippen molar-refractivity contribution in [1.29, 1.82) is 0 Å². The third-order valence-corrected chi connectivity index (χ3v) is 6.99.